The molecule has 0 aromatic carbocycles. The average molecular weight is 923 g/mol. The van der Waals surface area contributed by atoms with E-state index in [-0.39, 0.29) is 55.5 Å². The van der Waals surface area contributed by atoms with Crippen LogP contribution in [0.5, 0.6) is 0 Å². The van der Waals surface area contributed by atoms with Gasteiger partial charge < -0.3 is 47.0 Å². The molecule has 3 fully saturated rings. The maximum atomic E-state index is 11.8. The number of carbonyl (C=O) groups excluding carboxylic acids is 3. The highest BCUT2D eigenvalue weighted by atomic mass is 35.5. The van der Waals surface area contributed by atoms with Crippen LogP contribution in [0.2, 0.25) is 0 Å². The molecule has 6 heterocycles. The summed E-state index contributed by atoms with van der Waals surface area (Å²) in [6.45, 7) is 17.0. The minimum Gasteiger partial charge on any atom is -1.00 e. The van der Waals surface area contributed by atoms with Gasteiger partial charge in [0.1, 0.15) is 26.2 Å². The van der Waals surface area contributed by atoms with Crippen LogP contribution in [-0.4, -0.2) is 119 Å². The number of rotatable bonds is 23. The van der Waals surface area contributed by atoms with Gasteiger partial charge in [0.25, 0.3) is 6.67 Å². The van der Waals surface area contributed by atoms with Crippen molar-refractivity contribution in [3.8, 4) is 0 Å². The lowest BCUT2D eigenvalue weighted by atomic mass is 10.1. The third kappa shape index (κ3) is 21.3. The predicted molar refractivity (Wildman–Crippen MR) is 231 cm³/mol. The van der Waals surface area contributed by atoms with Gasteiger partial charge >= 0.3 is 0 Å². The lowest BCUT2D eigenvalue weighted by Gasteiger charge is -2.33. The minimum absolute atomic E-state index is 0. The van der Waals surface area contributed by atoms with Gasteiger partial charge in [-0.15, -0.1) is 12.4 Å². The van der Waals surface area contributed by atoms with E-state index < -0.39 is 0 Å². The van der Waals surface area contributed by atoms with Crippen LogP contribution in [0, 0.1) is 0 Å². The molecule has 0 spiro atoms. The Bertz CT molecular complexity index is 1350. The fraction of sp³-hybridized carbons (Fsp3) is 0.756. The van der Waals surface area contributed by atoms with Crippen LogP contribution < -0.4 is 47.3 Å². The molecule has 1 N–H and O–H groups in total. The highest BCUT2D eigenvalue weighted by Gasteiger charge is 2.31. The Morgan fingerprint density at radius 1 is 0.650 bits per heavy atom. The van der Waals surface area contributed by atoms with Crippen LogP contribution in [0.4, 0.5) is 0 Å². The fourth-order valence-corrected chi connectivity index (χ4v) is 8.86. The summed E-state index contributed by atoms with van der Waals surface area (Å²) in [4.78, 5) is 40.5. The highest BCUT2D eigenvalue weighted by Crippen LogP contribution is 2.21. The number of quaternary nitrogens is 2. The van der Waals surface area contributed by atoms with E-state index in [4.69, 9.17) is 0 Å². The Hall–Kier alpha value is -2.15. The lowest BCUT2D eigenvalue weighted by molar-refractivity contribution is -0.954. The lowest BCUT2D eigenvalue weighted by Crippen LogP contribution is -3.00. The number of aromatic nitrogens is 2. The molecule has 6 rings (SSSR count). The zero-order chi connectivity index (χ0) is 39.7. The maximum absolute atomic E-state index is 11.8. The summed E-state index contributed by atoms with van der Waals surface area (Å²) in [5.41, 5.74) is 3.48. The van der Waals surface area contributed by atoms with Gasteiger partial charge in [0.2, 0.25) is 17.7 Å². The molecule has 3 saturated heterocycles. The number of likely N-dealkylation sites (tertiary alicyclic amines) is 3. The molecule has 0 radical (unpaired) electrons. The van der Waals surface area contributed by atoms with E-state index in [2.05, 4.69) is 53.8 Å². The molecule has 1 aromatic rings. The van der Waals surface area contributed by atoms with Gasteiger partial charge in [-0.05, 0) is 68.3 Å². The van der Waals surface area contributed by atoms with Gasteiger partial charge in [-0.2, -0.15) is 0 Å². The third-order valence-electron chi connectivity index (χ3n) is 12.3. The molecular formula is C45H80Cl4N8O3. The molecule has 0 bridgehead atoms. The first kappa shape index (κ1) is 57.9. The Morgan fingerprint density at radius 3 is 1.73 bits per heavy atom. The Balaban J connectivity index is 0.000000881. The van der Waals surface area contributed by atoms with Crippen molar-refractivity contribution < 1.29 is 65.4 Å². The van der Waals surface area contributed by atoms with E-state index in [1.807, 2.05) is 28.1 Å². The van der Waals surface area contributed by atoms with E-state index in [1.165, 1.54) is 110 Å². The minimum atomic E-state index is 0. The molecule has 60 heavy (non-hydrogen) atoms. The van der Waals surface area contributed by atoms with Crippen molar-refractivity contribution in [1.29, 1.82) is 0 Å². The Morgan fingerprint density at radius 2 is 1.23 bits per heavy atom. The SMILES string of the molecule is CCCCCCCCCCCC[N+]1(CCN2CCCC2=O)C=CCC1.CCC[N+]1(CCCCN2CCCC2=O)CC=CN1.Cl.O=C1CCCN1C[n+]1ccccn1.[Cl-].[Cl-].[Cl-]. The topological polar surface area (TPSA) is 89.7 Å². The molecule has 0 saturated carbocycles. The van der Waals surface area contributed by atoms with Gasteiger partial charge in [0, 0.05) is 64.3 Å². The quantitative estimate of drug-likeness (QED) is 0.0805. The summed E-state index contributed by atoms with van der Waals surface area (Å²) >= 11 is 0. The average Bonchev–Trinajstić information content (AvgIpc) is 4.07. The van der Waals surface area contributed by atoms with Crippen molar-refractivity contribution in [1.82, 2.24) is 25.2 Å². The first-order valence-electron chi connectivity index (χ1n) is 22.8. The number of carbonyl (C=O) groups is 3. The van der Waals surface area contributed by atoms with Crippen LogP contribution in [0.3, 0.4) is 0 Å². The molecule has 5 aliphatic rings. The van der Waals surface area contributed by atoms with Crippen molar-refractivity contribution >= 4 is 30.1 Å². The summed E-state index contributed by atoms with van der Waals surface area (Å²) in [6.07, 6.45) is 36.8. The van der Waals surface area contributed by atoms with Gasteiger partial charge in [0.15, 0.2) is 6.20 Å². The van der Waals surface area contributed by atoms with Crippen LogP contribution in [0.25, 0.3) is 0 Å². The zero-order valence-electron chi connectivity index (χ0n) is 37.1. The summed E-state index contributed by atoms with van der Waals surface area (Å²) in [7, 11) is 0. The molecule has 1 aromatic heterocycles. The number of hydrogen-bond acceptors (Lipinski definition) is 5. The van der Waals surface area contributed by atoms with Gasteiger partial charge in [-0.3, -0.25) is 23.8 Å². The molecule has 0 aliphatic carbocycles. The molecule has 346 valence electrons. The Labute approximate surface area is 388 Å². The first-order chi connectivity index (χ1) is 27.4. The summed E-state index contributed by atoms with van der Waals surface area (Å²) in [6, 6.07) is 3.77. The standard InChI is InChI=1S/C22H41N2O.C14H26N3O.C9H12N3O.4ClH/c1-2-3-4-5-6-7-8-9-10-11-18-24(19-12-13-20-24)21-17-23-16-14-15-22(23)25;1-2-11-17(13-6-8-15-17)12-4-3-9-16-10-5-7-14(16)18;13-9-4-3-6-11(9)8-12-7-2-1-5-10-12;;;;/h12,19H,2-11,13-18,20-21H2,1H3;6,8,15H,2-5,7,9-13H2,1H3;1-2,5,7H,3-4,6,8H2;4*1H/q3*+1;;;;/p-3. The molecule has 2 atom stereocenters. The summed E-state index contributed by atoms with van der Waals surface area (Å²) in [5.74, 6) is 0.965. The number of halogens is 4. The Kier molecular flexibility index (Phi) is 32.2. The van der Waals surface area contributed by atoms with Gasteiger partial charge in [-0.25, -0.2) is 10.0 Å². The second kappa shape index (κ2) is 33.4. The normalized spacial score (nSPS) is 21.3. The molecule has 3 amide bonds. The van der Waals surface area contributed by atoms with E-state index in [9.17, 15) is 14.4 Å². The number of nitrogens with zero attached hydrogens (tertiary/aromatic N) is 7. The first-order valence-corrected chi connectivity index (χ1v) is 22.8. The second-order valence-electron chi connectivity index (χ2n) is 16.9. The van der Waals surface area contributed by atoms with Gasteiger partial charge in [-0.1, -0.05) is 69.9 Å². The van der Waals surface area contributed by atoms with Crippen LogP contribution in [0.15, 0.2) is 49.1 Å². The van der Waals surface area contributed by atoms with Crippen molar-refractivity contribution in [2.75, 3.05) is 72.0 Å². The van der Waals surface area contributed by atoms with Gasteiger partial charge in [0.05, 0.1) is 38.2 Å². The van der Waals surface area contributed by atoms with E-state index in [0.717, 1.165) is 93.4 Å². The number of unbranched alkanes of at least 4 members (excludes halogenated alkanes) is 10. The molecule has 2 unspecified atom stereocenters. The summed E-state index contributed by atoms with van der Waals surface area (Å²) in [5, 5.41) is 4.10. The smallest absolute Gasteiger partial charge is 0.252 e. The zero-order valence-corrected chi connectivity index (χ0v) is 40.2. The number of hydrogen-bond donors (Lipinski definition) is 1. The van der Waals surface area contributed by atoms with Crippen molar-refractivity contribution in [2.24, 2.45) is 0 Å². The predicted octanol–water partition coefficient (Wildman–Crippen LogP) is -1.71. The molecular weight excluding hydrogens is 842 g/mol. The second-order valence-corrected chi connectivity index (χ2v) is 16.9. The van der Waals surface area contributed by atoms with Crippen LogP contribution >= 0.6 is 12.4 Å². The fourth-order valence-electron chi connectivity index (χ4n) is 8.86. The van der Waals surface area contributed by atoms with E-state index in [1.54, 1.807) is 10.9 Å². The largest absolute Gasteiger partial charge is 1.00 e. The molecule has 5 aliphatic heterocycles. The number of amides is 3. The van der Waals surface area contributed by atoms with Crippen LogP contribution in [0.1, 0.15) is 142 Å². The maximum Gasteiger partial charge on any atom is 0.252 e. The highest BCUT2D eigenvalue weighted by molar-refractivity contribution is 5.85. The third-order valence-corrected chi connectivity index (χ3v) is 12.3. The molecule has 11 nitrogen and oxygen atoms in total. The molecule has 15 heteroatoms. The number of nitrogens with one attached hydrogen (secondary N) is 1. The van der Waals surface area contributed by atoms with Crippen molar-refractivity contribution in [3.63, 3.8) is 0 Å². The van der Waals surface area contributed by atoms with E-state index >= 15 is 0 Å². The summed E-state index contributed by atoms with van der Waals surface area (Å²) < 4.78 is 3.90. The van der Waals surface area contributed by atoms with Crippen LogP contribution in [-0.2, 0) is 21.1 Å². The monoisotopic (exact) mass is 921 g/mol. The van der Waals surface area contributed by atoms with E-state index in [0.29, 0.717) is 24.9 Å². The van der Waals surface area contributed by atoms with Crippen molar-refractivity contribution in [3.05, 3.63) is 49.1 Å². The van der Waals surface area contributed by atoms with Crippen molar-refractivity contribution in [2.45, 2.75) is 149 Å².